The first-order chi connectivity index (χ1) is 7.54. The molecule has 16 heavy (non-hydrogen) atoms. The minimum Gasteiger partial charge on any atom is -0.367 e. The highest BCUT2D eigenvalue weighted by Gasteiger charge is 2.25. The lowest BCUT2D eigenvalue weighted by molar-refractivity contribution is -0.140. The molecule has 0 bridgehead atoms. The van der Waals surface area contributed by atoms with Gasteiger partial charge in [-0.05, 0) is 19.8 Å². The zero-order valence-electron chi connectivity index (χ0n) is 9.52. The summed E-state index contributed by atoms with van der Waals surface area (Å²) in [7, 11) is 0. The van der Waals surface area contributed by atoms with Crippen LogP contribution < -0.4 is 11.5 Å². The van der Waals surface area contributed by atoms with Gasteiger partial charge in [0.2, 0.25) is 11.8 Å². The first-order valence-electron chi connectivity index (χ1n) is 5.47. The van der Waals surface area contributed by atoms with E-state index in [-0.39, 0.29) is 18.6 Å². The van der Waals surface area contributed by atoms with Gasteiger partial charge in [0.25, 0.3) is 0 Å². The monoisotopic (exact) mass is 229 g/mol. The zero-order valence-corrected chi connectivity index (χ0v) is 9.52. The van der Waals surface area contributed by atoms with Crippen molar-refractivity contribution in [2.75, 3.05) is 19.6 Å². The number of ether oxygens (including phenoxy) is 1. The van der Waals surface area contributed by atoms with Crippen LogP contribution >= 0.6 is 0 Å². The maximum Gasteiger partial charge on any atom is 0.246 e. The van der Waals surface area contributed by atoms with Gasteiger partial charge in [-0.3, -0.25) is 9.59 Å². The van der Waals surface area contributed by atoms with Gasteiger partial charge >= 0.3 is 0 Å². The van der Waals surface area contributed by atoms with Crippen molar-refractivity contribution in [3.05, 3.63) is 0 Å². The number of carbonyl (C=O) groups excluding carboxylic acids is 2. The molecule has 0 aliphatic carbocycles. The zero-order chi connectivity index (χ0) is 12.1. The summed E-state index contributed by atoms with van der Waals surface area (Å²) in [5, 5.41) is 0. The number of carbonyl (C=O) groups is 2. The lowest BCUT2D eigenvalue weighted by Gasteiger charge is -2.33. The van der Waals surface area contributed by atoms with Crippen LogP contribution in [-0.2, 0) is 14.3 Å². The van der Waals surface area contributed by atoms with E-state index in [1.54, 1.807) is 11.8 Å². The molecule has 0 aromatic heterocycles. The van der Waals surface area contributed by atoms with Crippen molar-refractivity contribution >= 4 is 11.8 Å². The summed E-state index contributed by atoms with van der Waals surface area (Å²) in [6.07, 6.45) is 0.970. The molecule has 1 aliphatic heterocycles. The van der Waals surface area contributed by atoms with Crippen molar-refractivity contribution < 1.29 is 14.3 Å². The molecule has 6 nitrogen and oxygen atoms in total. The Morgan fingerprint density at radius 1 is 1.56 bits per heavy atom. The number of nitrogens with zero attached hydrogens (tertiary/aromatic N) is 1. The Kier molecular flexibility index (Phi) is 4.70. The average Bonchev–Trinajstić information content (AvgIpc) is 2.28. The number of rotatable bonds is 4. The van der Waals surface area contributed by atoms with Gasteiger partial charge in [-0.2, -0.15) is 0 Å². The number of hydrogen-bond donors (Lipinski definition) is 2. The third-order valence-corrected chi connectivity index (χ3v) is 2.70. The Balaban J connectivity index is 2.44. The third kappa shape index (κ3) is 3.46. The lowest BCUT2D eigenvalue weighted by Crippen LogP contribution is -2.47. The molecule has 6 heteroatoms. The van der Waals surface area contributed by atoms with Gasteiger partial charge in [0.15, 0.2) is 0 Å². The van der Waals surface area contributed by atoms with E-state index in [0.29, 0.717) is 13.1 Å². The minimum atomic E-state index is -0.613. The van der Waals surface area contributed by atoms with Crippen molar-refractivity contribution in [3.8, 4) is 0 Å². The number of likely N-dealkylation sites (tertiary alicyclic amines) is 1. The Morgan fingerprint density at radius 3 is 2.81 bits per heavy atom. The molecule has 1 rings (SSSR count). The second kappa shape index (κ2) is 5.81. The number of piperidine rings is 1. The molecular weight excluding hydrogens is 210 g/mol. The first-order valence-corrected chi connectivity index (χ1v) is 5.47. The van der Waals surface area contributed by atoms with E-state index < -0.39 is 12.0 Å². The molecular formula is C10H19N3O3. The first kappa shape index (κ1) is 12.9. The number of amides is 2. The van der Waals surface area contributed by atoms with Crippen LogP contribution in [0.5, 0.6) is 0 Å². The molecule has 92 valence electrons. The fourth-order valence-corrected chi connectivity index (χ4v) is 1.76. The summed E-state index contributed by atoms with van der Waals surface area (Å²) in [6.45, 7) is 2.83. The van der Waals surface area contributed by atoms with E-state index in [1.165, 1.54) is 0 Å². The summed E-state index contributed by atoms with van der Waals surface area (Å²) in [6, 6.07) is 0. The fourth-order valence-electron chi connectivity index (χ4n) is 1.76. The topological polar surface area (TPSA) is 98.7 Å². The molecule has 1 fully saturated rings. The van der Waals surface area contributed by atoms with E-state index >= 15 is 0 Å². The van der Waals surface area contributed by atoms with Crippen LogP contribution in [0, 0.1) is 0 Å². The molecule has 1 heterocycles. The maximum atomic E-state index is 11.4. The van der Waals surface area contributed by atoms with Crippen molar-refractivity contribution in [1.82, 2.24) is 4.90 Å². The Bertz CT molecular complexity index is 270. The highest BCUT2D eigenvalue weighted by atomic mass is 16.5. The van der Waals surface area contributed by atoms with E-state index in [2.05, 4.69) is 0 Å². The summed E-state index contributed by atoms with van der Waals surface area (Å²) in [5.74, 6) is -0.567. The van der Waals surface area contributed by atoms with Crippen LogP contribution in [0.3, 0.4) is 0 Å². The predicted molar refractivity (Wildman–Crippen MR) is 58.4 cm³/mol. The summed E-state index contributed by atoms with van der Waals surface area (Å²) >= 11 is 0. The van der Waals surface area contributed by atoms with Crippen molar-refractivity contribution in [2.45, 2.75) is 32.0 Å². The molecule has 2 atom stereocenters. The average molecular weight is 229 g/mol. The van der Waals surface area contributed by atoms with Gasteiger partial charge in [-0.1, -0.05) is 0 Å². The third-order valence-electron chi connectivity index (χ3n) is 2.70. The van der Waals surface area contributed by atoms with Crippen LogP contribution in [0.4, 0.5) is 0 Å². The lowest BCUT2D eigenvalue weighted by atomic mass is 10.1. The fraction of sp³-hybridized carbons (Fsp3) is 0.800. The molecule has 0 aromatic rings. The van der Waals surface area contributed by atoms with Gasteiger partial charge in [0, 0.05) is 13.1 Å². The largest absolute Gasteiger partial charge is 0.367 e. The molecule has 0 aromatic carbocycles. The quantitative estimate of drug-likeness (QED) is 0.634. The molecule has 0 spiro atoms. The van der Waals surface area contributed by atoms with E-state index in [1.807, 2.05) is 0 Å². The molecule has 0 radical (unpaired) electrons. The van der Waals surface area contributed by atoms with Gasteiger partial charge in [-0.15, -0.1) is 0 Å². The molecule has 2 amide bonds. The molecule has 2 unspecified atom stereocenters. The van der Waals surface area contributed by atoms with Crippen molar-refractivity contribution in [3.63, 3.8) is 0 Å². The highest BCUT2D eigenvalue weighted by molar-refractivity contribution is 5.78. The molecule has 0 saturated carbocycles. The normalized spacial score (nSPS) is 22.9. The van der Waals surface area contributed by atoms with Crippen LogP contribution in [-0.4, -0.2) is 48.6 Å². The smallest absolute Gasteiger partial charge is 0.246 e. The Labute approximate surface area is 94.9 Å². The van der Waals surface area contributed by atoms with Gasteiger partial charge in [0.05, 0.1) is 12.6 Å². The van der Waals surface area contributed by atoms with E-state index in [0.717, 1.165) is 12.8 Å². The predicted octanol–water partition coefficient (Wildman–Crippen LogP) is -1.17. The second-order valence-corrected chi connectivity index (χ2v) is 3.99. The van der Waals surface area contributed by atoms with Crippen molar-refractivity contribution in [1.29, 1.82) is 0 Å². The number of primary amides is 1. The molecule has 4 N–H and O–H groups in total. The summed E-state index contributed by atoms with van der Waals surface area (Å²) in [5.41, 5.74) is 10.4. The van der Waals surface area contributed by atoms with E-state index in [4.69, 9.17) is 16.2 Å². The van der Waals surface area contributed by atoms with Gasteiger partial charge < -0.3 is 21.1 Å². The van der Waals surface area contributed by atoms with Crippen LogP contribution in [0.1, 0.15) is 19.8 Å². The number of hydrogen-bond acceptors (Lipinski definition) is 4. The molecule has 1 saturated heterocycles. The Morgan fingerprint density at radius 2 is 2.25 bits per heavy atom. The Hall–Kier alpha value is -1.14. The van der Waals surface area contributed by atoms with Gasteiger partial charge in [-0.25, -0.2) is 0 Å². The van der Waals surface area contributed by atoms with E-state index in [9.17, 15) is 9.59 Å². The van der Waals surface area contributed by atoms with Crippen molar-refractivity contribution in [2.24, 2.45) is 11.5 Å². The summed E-state index contributed by atoms with van der Waals surface area (Å²) in [4.78, 5) is 23.9. The van der Waals surface area contributed by atoms with Crippen LogP contribution in [0.15, 0.2) is 0 Å². The van der Waals surface area contributed by atoms with Gasteiger partial charge in [0.1, 0.15) is 6.10 Å². The summed E-state index contributed by atoms with van der Waals surface area (Å²) < 4.78 is 5.47. The second-order valence-electron chi connectivity index (χ2n) is 3.99. The minimum absolute atomic E-state index is 0.0120. The van der Waals surface area contributed by atoms with Crippen LogP contribution in [0.25, 0.3) is 0 Å². The SMILES string of the molecule is CC(OC1CCCN(C(=O)CN)C1)C(N)=O. The standard InChI is InChI=1S/C10H19N3O3/c1-7(10(12)15)16-8-3-2-4-13(6-8)9(14)5-11/h7-8H,2-6,11H2,1H3,(H2,12,15). The maximum absolute atomic E-state index is 11.4. The molecule has 1 aliphatic rings. The number of nitrogens with two attached hydrogens (primary N) is 2. The van der Waals surface area contributed by atoms with Crippen LogP contribution in [0.2, 0.25) is 0 Å². The highest BCUT2D eigenvalue weighted by Crippen LogP contribution is 2.14.